The molecule has 0 spiro atoms. The van der Waals surface area contributed by atoms with Gasteiger partial charge in [0, 0.05) is 48.1 Å². The third-order valence-electron chi connectivity index (χ3n) is 5.02. The van der Waals surface area contributed by atoms with Gasteiger partial charge in [0.15, 0.2) is 5.13 Å². The van der Waals surface area contributed by atoms with E-state index in [1.165, 1.54) is 17.4 Å². The van der Waals surface area contributed by atoms with Crippen LogP contribution in [-0.2, 0) is 11.3 Å². The molecule has 1 amide bonds. The van der Waals surface area contributed by atoms with E-state index >= 15 is 0 Å². The monoisotopic (exact) mass is 488 g/mol. The molecule has 1 fully saturated rings. The minimum absolute atomic E-state index is 0.0507. The van der Waals surface area contributed by atoms with Crippen LogP contribution >= 0.6 is 27.3 Å². The molecule has 1 aromatic heterocycles. The van der Waals surface area contributed by atoms with Crippen LogP contribution in [0.2, 0.25) is 0 Å². The SMILES string of the molecule is O=C(CN1CCN(Cc2cccc(F)c2)CC1)Nc1nc(-c2ccc(Br)cc2)cs1. The van der Waals surface area contributed by atoms with Crippen LogP contribution in [0.15, 0.2) is 58.4 Å². The number of hydrogen-bond donors (Lipinski definition) is 1. The summed E-state index contributed by atoms with van der Waals surface area (Å²) in [5.74, 6) is -0.251. The molecule has 4 rings (SSSR count). The van der Waals surface area contributed by atoms with Crippen molar-refractivity contribution in [1.82, 2.24) is 14.8 Å². The summed E-state index contributed by atoms with van der Waals surface area (Å²) in [5.41, 5.74) is 2.85. The molecule has 5 nitrogen and oxygen atoms in total. The van der Waals surface area contributed by atoms with E-state index in [9.17, 15) is 9.18 Å². The predicted molar refractivity (Wildman–Crippen MR) is 122 cm³/mol. The van der Waals surface area contributed by atoms with E-state index in [0.717, 1.165) is 54.0 Å². The van der Waals surface area contributed by atoms with E-state index in [0.29, 0.717) is 11.7 Å². The van der Waals surface area contributed by atoms with Crippen LogP contribution < -0.4 is 5.32 Å². The summed E-state index contributed by atoms with van der Waals surface area (Å²) in [7, 11) is 0. The third-order valence-corrected chi connectivity index (χ3v) is 6.30. The molecule has 30 heavy (non-hydrogen) atoms. The van der Waals surface area contributed by atoms with Crippen LogP contribution in [0.4, 0.5) is 9.52 Å². The Labute approximate surface area is 187 Å². The van der Waals surface area contributed by atoms with Crippen LogP contribution in [0, 0.1) is 5.82 Å². The lowest BCUT2D eigenvalue weighted by Gasteiger charge is -2.34. The number of nitrogens with one attached hydrogen (secondary N) is 1. The minimum Gasteiger partial charge on any atom is -0.301 e. The zero-order valence-electron chi connectivity index (χ0n) is 16.4. The largest absolute Gasteiger partial charge is 0.301 e. The van der Waals surface area contributed by atoms with Gasteiger partial charge in [-0.2, -0.15) is 0 Å². The Bertz CT molecular complexity index is 1000. The van der Waals surface area contributed by atoms with Gasteiger partial charge in [0.05, 0.1) is 12.2 Å². The number of nitrogens with zero attached hydrogens (tertiary/aromatic N) is 3. The van der Waals surface area contributed by atoms with Crippen molar-refractivity contribution >= 4 is 38.3 Å². The predicted octanol–water partition coefficient (Wildman–Crippen LogP) is 4.47. The van der Waals surface area contributed by atoms with Crippen LogP contribution in [0.5, 0.6) is 0 Å². The number of benzene rings is 2. The molecular weight excluding hydrogens is 467 g/mol. The van der Waals surface area contributed by atoms with Gasteiger partial charge >= 0.3 is 0 Å². The number of halogens is 2. The maximum atomic E-state index is 13.3. The highest BCUT2D eigenvalue weighted by Gasteiger charge is 2.19. The number of rotatable bonds is 6. The Balaban J connectivity index is 1.24. The van der Waals surface area contributed by atoms with E-state index in [2.05, 4.69) is 36.0 Å². The van der Waals surface area contributed by atoms with E-state index in [1.807, 2.05) is 35.7 Å². The molecule has 0 unspecified atom stereocenters. The molecule has 0 radical (unpaired) electrons. The molecule has 8 heteroatoms. The molecule has 3 aromatic rings. The standard InChI is InChI=1S/C22H22BrFN4OS/c23-18-6-4-17(5-7-18)20-15-30-22(25-20)26-21(29)14-28-10-8-27(9-11-28)13-16-2-1-3-19(24)12-16/h1-7,12,15H,8-11,13-14H2,(H,25,26,29). The molecule has 2 aromatic carbocycles. The average Bonchev–Trinajstić information content (AvgIpc) is 3.18. The van der Waals surface area contributed by atoms with Gasteiger partial charge in [0.1, 0.15) is 5.82 Å². The first kappa shape index (κ1) is 21.1. The fourth-order valence-electron chi connectivity index (χ4n) is 3.45. The van der Waals surface area contributed by atoms with Gasteiger partial charge < -0.3 is 5.32 Å². The first-order chi connectivity index (χ1) is 14.5. The normalized spacial score (nSPS) is 15.3. The number of piperazine rings is 1. The van der Waals surface area contributed by atoms with E-state index in [1.54, 1.807) is 12.1 Å². The fourth-order valence-corrected chi connectivity index (χ4v) is 4.45. The molecule has 1 saturated heterocycles. The quantitative estimate of drug-likeness (QED) is 0.556. The number of carbonyl (C=O) groups is 1. The Morgan fingerprint density at radius 1 is 1.10 bits per heavy atom. The molecule has 0 bridgehead atoms. The number of anilines is 1. The summed E-state index contributed by atoms with van der Waals surface area (Å²) in [6, 6.07) is 14.7. The fraction of sp³-hybridized carbons (Fsp3) is 0.273. The van der Waals surface area contributed by atoms with Gasteiger partial charge in [0.25, 0.3) is 0 Å². The first-order valence-electron chi connectivity index (χ1n) is 9.76. The van der Waals surface area contributed by atoms with Crippen LogP contribution in [0.3, 0.4) is 0 Å². The molecule has 2 heterocycles. The zero-order chi connectivity index (χ0) is 20.9. The number of carbonyl (C=O) groups excluding carboxylic acids is 1. The van der Waals surface area contributed by atoms with Gasteiger partial charge in [-0.25, -0.2) is 9.37 Å². The Kier molecular flexibility index (Phi) is 6.89. The summed E-state index contributed by atoms with van der Waals surface area (Å²) in [6.45, 7) is 4.41. The third kappa shape index (κ3) is 5.72. The highest BCUT2D eigenvalue weighted by atomic mass is 79.9. The number of thiazole rings is 1. The molecule has 0 aliphatic carbocycles. The molecule has 1 aliphatic rings. The van der Waals surface area contributed by atoms with Crippen molar-refractivity contribution in [3.05, 3.63) is 69.8 Å². The summed E-state index contributed by atoms with van der Waals surface area (Å²) >= 11 is 4.86. The average molecular weight is 489 g/mol. The van der Waals surface area contributed by atoms with Crippen molar-refractivity contribution in [2.24, 2.45) is 0 Å². The molecular formula is C22H22BrFN4OS. The van der Waals surface area contributed by atoms with Gasteiger partial charge in [-0.15, -0.1) is 11.3 Å². The van der Waals surface area contributed by atoms with E-state index in [-0.39, 0.29) is 11.7 Å². The van der Waals surface area contributed by atoms with E-state index in [4.69, 9.17) is 0 Å². The second-order valence-corrected chi connectivity index (χ2v) is 9.05. The first-order valence-corrected chi connectivity index (χ1v) is 11.4. The highest BCUT2D eigenvalue weighted by Crippen LogP contribution is 2.26. The van der Waals surface area contributed by atoms with Crippen molar-refractivity contribution in [3.8, 4) is 11.3 Å². The summed E-state index contributed by atoms with van der Waals surface area (Å²) in [4.78, 5) is 21.4. The van der Waals surface area contributed by atoms with Crippen molar-refractivity contribution in [3.63, 3.8) is 0 Å². The number of hydrogen-bond acceptors (Lipinski definition) is 5. The summed E-state index contributed by atoms with van der Waals surface area (Å²) in [5, 5.41) is 5.47. The maximum Gasteiger partial charge on any atom is 0.240 e. The second-order valence-electron chi connectivity index (χ2n) is 7.28. The summed E-state index contributed by atoms with van der Waals surface area (Å²) < 4.78 is 14.4. The van der Waals surface area contributed by atoms with Crippen LogP contribution in [0.1, 0.15) is 5.56 Å². The topological polar surface area (TPSA) is 48.5 Å². The molecule has 1 aliphatic heterocycles. The smallest absolute Gasteiger partial charge is 0.240 e. The van der Waals surface area contributed by atoms with Crippen LogP contribution in [-0.4, -0.2) is 53.4 Å². The highest BCUT2D eigenvalue weighted by molar-refractivity contribution is 9.10. The second kappa shape index (κ2) is 9.78. The summed E-state index contributed by atoms with van der Waals surface area (Å²) in [6.07, 6.45) is 0. The lowest BCUT2D eigenvalue weighted by Crippen LogP contribution is -2.48. The number of aromatic nitrogens is 1. The Morgan fingerprint density at radius 2 is 1.83 bits per heavy atom. The van der Waals surface area contributed by atoms with Gasteiger partial charge in [0.2, 0.25) is 5.91 Å². The van der Waals surface area contributed by atoms with Crippen molar-refractivity contribution < 1.29 is 9.18 Å². The van der Waals surface area contributed by atoms with E-state index < -0.39 is 0 Å². The van der Waals surface area contributed by atoms with Crippen molar-refractivity contribution in [2.45, 2.75) is 6.54 Å². The molecule has 156 valence electrons. The number of amides is 1. The van der Waals surface area contributed by atoms with Gasteiger partial charge in [-0.05, 0) is 29.8 Å². The van der Waals surface area contributed by atoms with Gasteiger partial charge in [-0.3, -0.25) is 14.6 Å². The molecule has 0 saturated carbocycles. The van der Waals surface area contributed by atoms with Crippen molar-refractivity contribution in [2.75, 3.05) is 38.0 Å². The Morgan fingerprint density at radius 3 is 2.57 bits per heavy atom. The zero-order valence-corrected chi connectivity index (χ0v) is 18.8. The van der Waals surface area contributed by atoms with Gasteiger partial charge in [-0.1, -0.05) is 40.2 Å². The molecule has 0 atom stereocenters. The minimum atomic E-state index is -0.201. The lowest BCUT2D eigenvalue weighted by molar-refractivity contribution is -0.117. The lowest BCUT2D eigenvalue weighted by atomic mass is 10.2. The molecule has 1 N–H and O–H groups in total. The Hall–Kier alpha value is -2.13. The van der Waals surface area contributed by atoms with Crippen molar-refractivity contribution in [1.29, 1.82) is 0 Å². The van der Waals surface area contributed by atoms with Crippen LogP contribution in [0.25, 0.3) is 11.3 Å². The maximum absolute atomic E-state index is 13.3.